The number of anilines is 1. The van der Waals surface area contributed by atoms with Gasteiger partial charge in [-0.1, -0.05) is 38.5 Å². The van der Waals surface area contributed by atoms with E-state index in [0.29, 0.717) is 0 Å². The summed E-state index contributed by atoms with van der Waals surface area (Å²) in [5.74, 6) is 1.65. The van der Waals surface area contributed by atoms with Crippen LogP contribution in [0.1, 0.15) is 49.8 Å². The third-order valence-corrected chi connectivity index (χ3v) is 3.89. The van der Waals surface area contributed by atoms with Gasteiger partial charge in [0.05, 0.1) is 5.69 Å². The minimum atomic E-state index is 0.823. The van der Waals surface area contributed by atoms with Gasteiger partial charge in [-0.3, -0.25) is 4.68 Å². The molecule has 1 saturated carbocycles. The van der Waals surface area contributed by atoms with Crippen LogP contribution in [0.25, 0.3) is 0 Å². The fourth-order valence-electron chi connectivity index (χ4n) is 2.74. The summed E-state index contributed by atoms with van der Waals surface area (Å²) < 4.78 is 1.81. The summed E-state index contributed by atoms with van der Waals surface area (Å²) in [6.45, 7) is 2.09. The normalized spacial score (nSPS) is 18.6. The molecule has 0 spiro atoms. The van der Waals surface area contributed by atoms with Gasteiger partial charge in [0.2, 0.25) is 0 Å². The molecular weight excluding hydrogens is 198 g/mol. The molecule has 0 radical (unpaired) electrons. The van der Waals surface area contributed by atoms with Crippen LogP contribution < -0.4 is 5.73 Å². The van der Waals surface area contributed by atoms with Crippen LogP contribution in [-0.4, -0.2) is 9.78 Å². The average Bonchev–Trinajstić information content (AvgIpc) is 2.53. The van der Waals surface area contributed by atoms with E-state index in [1.54, 1.807) is 4.68 Å². The minimum Gasteiger partial charge on any atom is -0.384 e. The van der Waals surface area contributed by atoms with Crippen LogP contribution in [0.2, 0.25) is 0 Å². The third-order valence-electron chi connectivity index (χ3n) is 3.89. The molecule has 0 amide bonds. The maximum absolute atomic E-state index is 5.94. The molecule has 2 N–H and O–H groups in total. The molecule has 2 rings (SSSR count). The van der Waals surface area contributed by atoms with Crippen molar-refractivity contribution in [2.24, 2.45) is 13.0 Å². The predicted molar refractivity (Wildman–Crippen MR) is 67.3 cm³/mol. The fraction of sp³-hybridized carbons (Fsp3) is 0.769. The number of hydrogen-bond donors (Lipinski definition) is 1. The van der Waals surface area contributed by atoms with Crippen LogP contribution >= 0.6 is 0 Å². The predicted octanol–water partition coefficient (Wildman–Crippen LogP) is 2.82. The Bertz CT molecular complexity index is 346. The molecule has 0 atom stereocenters. The Morgan fingerprint density at radius 2 is 1.88 bits per heavy atom. The first kappa shape index (κ1) is 11.5. The maximum Gasteiger partial charge on any atom is 0.124 e. The van der Waals surface area contributed by atoms with E-state index in [0.717, 1.165) is 18.2 Å². The Kier molecular flexibility index (Phi) is 3.52. The molecule has 1 aromatic heterocycles. The van der Waals surface area contributed by atoms with Gasteiger partial charge < -0.3 is 5.73 Å². The highest BCUT2D eigenvalue weighted by Gasteiger charge is 2.17. The maximum atomic E-state index is 5.94. The lowest BCUT2D eigenvalue weighted by Crippen LogP contribution is -2.05. The Morgan fingerprint density at radius 3 is 2.38 bits per heavy atom. The first-order valence-corrected chi connectivity index (χ1v) is 6.46. The van der Waals surface area contributed by atoms with Crippen LogP contribution in [0.4, 0.5) is 5.82 Å². The zero-order valence-corrected chi connectivity index (χ0v) is 10.5. The highest BCUT2D eigenvalue weighted by Crippen LogP contribution is 2.27. The molecule has 16 heavy (non-hydrogen) atoms. The molecule has 90 valence electrons. The molecule has 1 aliphatic carbocycles. The van der Waals surface area contributed by atoms with Crippen LogP contribution in [0, 0.1) is 12.8 Å². The highest BCUT2D eigenvalue weighted by molar-refractivity contribution is 5.42. The number of aromatic nitrogens is 2. The van der Waals surface area contributed by atoms with Gasteiger partial charge >= 0.3 is 0 Å². The number of hydrogen-bond acceptors (Lipinski definition) is 2. The quantitative estimate of drug-likeness (QED) is 0.780. The molecule has 1 fully saturated rings. The van der Waals surface area contributed by atoms with E-state index in [1.165, 1.54) is 49.8 Å². The second-order valence-electron chi connectivity index (χ2n) is 5.14. The molecule has 0 aromatic carbocycles. The molecule has 3 nitrogen and oxygen atoms in total. The van der Waals surface area contributed by atoms with Gasteiger partial charge in [0.15, 0.2) is 0 Å². The van der Waals surface area contributed by atoms with Gasteiger partial charge in [-0.15, -0.1) is 0 Å². The molecule has 0 aliphatic heterocycles. The number of nitrogens with two attached hydrogens (primary N) is 1. The van der Waals surface area contributed by atoms with E-state index < -0.39 is 0 Å². The molecule has 1 heterocycles. The number of nitrogens with zero attached hydrogens (tertiary/aromatic N) is 2. The monoisotopic (exact) mass is 221 g/mol. The molecule has 0 unspecified atom stereocenters. The number of rotatable bonds is 2. The van der Waals surface area contributed by atoms with Crippen molar-refractivity contribution >= 4 is 5.82 Å². The topological polar surface area (TPSA) is 43.8 Å². The lowest BCUT2D eigenvalue weighted by molar-refractivity contribution is 0.450. The third kappa shape index (κ3) is 2.39. The summed E-state index contributed by atoms with van der Waals surface area (Å²) >= 11 is 0. The summed E-state index contributed by atoms with van der Waals surface area (Å²) in [6, 6.07) is 0. The van der Waals surface area contributed by atoms with Crippen molar-refractivity contribution in [1.82, 2.24) is 9.78 Å². The van der Waals surface area contributed by atoms with Crippen molar-refractivity contribution in [3.8, 4) is 0 Å². The van der Waals surface area contributed by atoms with E-state index in [9.17, 15) is 0 Å². The minimum absolute atomic E-state index is 0.823. The summed E-state index contributed by atoms with van der Waals surface area (Å²) in [6.07, 6.45) is 9.49. The average molecular weight is 221 g/mol. The van der Waals surface area contributed by atoms with E-state index in [1.807, 2.05) is 7.05 Å². The summed E-state index contributed by atoms with van der Waals surface area (Å²) in [7, 11) is 1.93. The first-order chi connectivity index (χ1) is 7.68. The van der Waals surface area contributed by atoms with Gasteiger partial charge in [-0.05, 0) is 19.3 Å². The summed E-state index contributed by atoms with van der Waals surface area (Å²) in [5, 5.41) is 4.53. The molecule has 0 bridgehead atoms. The second-order valence-corrected chi connectivity index (χ2v) is 5.14. The van der Waals surface area contributed by atoms with Gasteiger partial charge in [0.1, 0.15) is 5.82 Å². The van der Waals surface area contributed by atoms with Crippen molar-refractivity contribution < 1.29 is 0 Å². The summed E-state index contributed by atoms with van der Waals surface area (Å²) in [5.41, 5.74) is 8.34. The van der Waals surface area contributed by atoms with Gasteiger partial charge in [0.25, 0.3) is 0 Å². The lowest BCUT2D eigenvalue weighted by atomic mass is 9.94. The van der Waals surface area contributed by atoms with Gasteiger partial charge in [-0.2, -0.15) is 5.10 Å². The Morgan fingerprint density at radius 1 is 1.25 bits per heavy atom. The van der Waals surface area contributed by atoms with Crippen LogP contribution in [0.3, 0.4) is 0 Å². The highest BCUT2D eigenvalue weighted by atomic mass is 15.3. The Balaban J connectivity index is 2.04. The van der Waals surface area contributed by atoms with E-state index >= 15 is 0 Å². The van der Waals surface area contributed by atoms with Crippen LogP contribution in [0.5, 0.6) is 0 Å². The molecule has 1 aromatic rings. The van der Waals surface area contributed by atoms with Crippen molar-refractivity contribution in [3.05, 3.63) is 11.3 Å². The van der Waals surface area contributed by atoms with Gasteiger partial charge in [-0.25, -0.2) is 0 Å². The van der Waals surface area contributed by atoms with Crippen LogP contribution in [-0.2, 0) is 13.5 Å². The van der Waals surface area contributed by atoms with Crippen molar-refractivity contribution in [3.63, 3.8) is 0 Å². The van der Waals surface area contributed by atoms with Gasteiger partial charge in [0, 0.05) is 12.6 Å². The largest absolute Gasteiger partial charge is 0.384 e. The molecule has 3 heteroatoms. The van der Waals surface area contributed by atoms with Crippen molar-refractivity contribution in [2.45, 2.75) is 51.9 Å². The number of nitrogen functional groups attached to an aromatic ring is 1. The van der Waals surface area contributed by atoms with E-state index in [2.05, 4.69) is 12.0 Å². The number of aryl methyl sites for hydroxylation is 1. The first-order valence-electron chi connectivity index (χ1n) is 6.46. The van der Waals surface area contributed by atoms with E-state index in [-0.39, 0.29) is 0 Å². The molecule has 0 saturated heterocycles. The smallest absolute Gasteiger partial charge is 0.124 e. The second kappa shape index (κ2) is 4.89. The summed E-state index contributed by atoms with van der Waals surface area (Å²) in [4.78, 5) is 0. The van der Waals surface area contributed by atoms with Crippen molar-refractivity contribution in [2.75, 3.05) is 5.73 Å². The molecular formula is C13H23N3. The zero-order valence-electron chi connectivity index (χ0n) is 10.5. The molecule has 1 aliphatic rings. The lowest BCUT2D eigenvalue weighted by Gasteiger charge is -2.12. The van der Waals surface area contributed by atoms with Crippen LogP contribution in [0.15, 0.2) is 0 Å². The standard InChI is InChI=1S/C13H23N3/c1-10-12(15-16(2)13(10)14)9-11-7-5-3-4-6-8-11/h11H,3-9,14H2,1-2H3. The SMILES string of the molecule is Cc1c(CC2CCCCCC2)nn(C)c1N. The van der Waals surface area contributed by atoms with Crippen molar-refractivity contribution in [1.29, 1.82) is 0 Å². The zero-order chi connectivity index (χ0) is 11.5. The van der Waals surface area contributed by atoms with E-state index in [4.69, 9.17) is 5.73 Å². The fourth-order valence-corrected chi connectivity index (χ4v) is 2.74. The Hall–Kier alpha value is -0.990. The Labute approximate surface area is 98.0 Å².